The van der Waals surface area contributed by atoms with Crippen molar-refractivity contribution in [3.05, 3.63) is 0 Å². The molecule has 0 saturated carbocycles. The summed E-state index contributed by atoms with van der Waals surface area (Å²) in [7, 11) is 0. The molecule has 0 rings (SSSR count). The molecule has 88 valence electrons. The van der Waals surface area contributed by atoms with Crippen LogP contribution in [-0.2, 0) is 24.4 Å². The summed E-state index contributed by atoms with van der Waals surface area (Å²) in [4.78, 5) is 28.7. The second-order valence-corrected chi connectivity index (χ2v) is 3.41. The predicted octanol–water partition coefficient (Wildman–Crippen LogP) is 0.391. The Bertz CT molecular complexity index is 222. The zero-order valence-corrected chi connectivity index (χ0v) is 8.60. The molecule has 0 atom stereocenters. The molecule has 0 saturated heterocycles. The summed E-state index contributed by atoms with van der Waals surface area (Å²) < 4.78 is 4.74. The number of hydrogen-bond acceptors (Lipinski definition) is 6. The average Bonchev–Trinajstić information content (AvgIpc) is 1.99. The van der Waals surface area contributed by atoms with Crippen LogP contribution in [0.3, 0.4) is 0 Å². The van der Waals surface area contributed by atoms with E-state index in [9.17, 15) is 9.59 Å². The maximum atomic E-state index is 10.8. The molecule has 2 N–H and O–H groups in total. The molecule has 0 aliphatic rings. The molecule has 8 nitrogen and oxygen atoms in total. The third kappa shape index (κ3) is 10.5. The van der Waals surface area contributed by atoms with Crippen LogP contribution in [0.4, 0.5) is 4.79 Å². The van der Waals surface area contributed by atoms with Crippen molar-refractivity contribution in [2.75, 3.05) is 6.61 Å². The Kier molecular flexibility index (Phi) is 5.60. The molecule has 0 bridgehead atoms. The molecular formula is C7H13NO7. The fraction of sp³-hybridized carbons (Fsp3) is 0.714. The first-order valence-corrected chi connectivity index (χ1v) is 3.97. The highest BCUT2D eigenvalue weighted by atomic mass is 17.5. The van der Waals surface area contributed by atoms with Gasteiger partial charge in [0.25, 0.3) is 0 Å². The number of aliphatic carboxylic acids is 1. The molecule has 0 spiro atoms. The summed E-state index contributed by atoms with van der Waals surface area (Å²) in [5, 5.41) is 11.9. The topological polar surface area (TPSA) is 103 Å². The highest BCUT2D eigenvalue weighted by Crippen LogP contribution is 2.06. The van der Waals surface area contributed by atoms with Gasteiger partial charge in [-0.1, -0.05) is 4.99 Å². The number of carbonyl (C=O) groups is 2. The molecule has 15 heavy (non-hydrogen) atoms. The zero-order chi connectivity index (χ0) is 11.9. The Morgan fingerprint density at radius 3 is 2.40 bits per heavy atom. The highest BCUT2D eigenvalue weighted by Gasteiger charge is 2.16. The van der Waals surface area contributed by atoms with E-state index < -0.39 is 24.3 Å². The van der Waals surface area contributed by atoms with Gasteiger partial charge in [-0.3, -0.25) is 0 Å². The van der Waals surface area contributed by atoms with E-state index in [1.54, 1.807) is 26.3 Å². The fourth-order valence-corrected chi connectivity index (χ4v) is 0.448. The average molecular weight is 223 g/mol. The maximum Gasteiger partial charge on any atom is 0.434 e. The number of rotatable bonds is 5. The van der Waals surface area contributed by atoms with E-state index in [1.165, 1.54) is 0 Å². The van der Waals surface area contributed by atoms with Crippen LogP contribution in [0, 0.1) is 0 Å². The minimum Gasteiger partial charge on any atom is -0.479 e. The van der Waals surface area contributed by atoms with Crippen molar-refractivity contribution in [3.8, 4) is 0 Å². The van der Waals surface area contributed by atoms with Crippen LogP contribution in [0.25, 0.3) is 0 Å². The molecule has 0 fully saturated rings. The summed E-state index contributed by atoms with van der Waals surface area (Å²) in [6.07, 6.45) is -0.888. The number of carbonyl (C=O) groups excluding carboxylic acids is 1. The third-order valence-electron chi connectivity index (χ3n) is 0.788. The lowest BCUT2D eigenvalue weighted by molar-refractivity contribution is -0.526. The van der Waals surface area contributed by atoms with Crippen molar-refractivity contribution in [2.24, 2.45) is 0 Å². The van der Waals surface area contributed by atoms with E-state index in [-0.39, 0.29) is 0 Å². The highest BCUT2D eigenvalue weighted by molar-refractivity contribution is 5.67. The summed E-state index contributed by atoms with van der Waals surface area (Å²) in [5.41, 5.74) is 1.04. The van der Waals surface area contributed by atoms with Gasteiger partial charge in [0.1, 0.15) is 5.60 Å². The Morgan fingerprint density at radius 2 is 1.93 bits per heavy atom. The Hall–Kier alpha value is -1.38. The van der Waals surface area contributed by atoms with Crippen molar-refractivity contribution in [2.45, 2.75) is 26.4 Å². The Labute approximate surface area is 85.9 Å². The minimum absolute atomic E-state index is 0.671. The summed E-state index contributed by atoms with van der Waals surface area (Å²) >= 11 is 0. The van der Waals surface area contributed by atoms with E-state index in [2.05, 4.69) is 14.9 Å². The number of nitrogens with one attached hydrogen (secondary N) is 1. The first kappa shape index (κ1) is 13.6. The molecular weight excluding hydrogens is 210 g/mol. The van der Waals surface area contributed by atoms with Gasteiger partial charge in [-0.2, -0.15) is 10.4 Å². The normalized spacial score (nSPS) is 10.9. The van der Waals surface area contributed by atoms with Gasteiger partial charge >= 0.3 is 12.1 Å². The van der Waals surface area contributed by atoms with Gasteiger partial charge in [0.2, 0.25) is 0 Å². The van der Waals surface area contributed by atoms with E-state index in [0.717, 1.165) is 0 Å². The largest absolute Gasteiger partial charge is 0.479 e. The zero-order valence-electron chi connectivity index (χ0n) is 8.60. The molecule has 0 aliphatic heterocycles. The van der Waals surface area contributed by atoms with Crippen molar-refractivity contribution in [3.63, 3.8) is 0 Å². The quantitative estimate of drug-likeness (QED) is 0.394. The van der Waals surface area contributed by atoms with Crippen LogP contribution in [-0.4, -0.2) is 29.4 Å². The number of carboxylic acids is 1. The van der Waals surface area contributed by atoms with E-state index in [4.69, 9.17) is 9.84 Å². The standard InChI is InChI=1S/C7H13NO7/c1-7(2,3)13-6(11)8-14-15-12-4-5(9)10/h4H2,1-3H3,(H,8,11)(H,9,10). The number of hydroxylamine groups is 1. The van der Waals surface area contributed by atoms with Crippen LogP contribution in [0.15, 0.2) is 0 Å². The van der Waals surface area contributed by atoms with Crippen molar-refractivity contribution in [1.82, 2.24) is 5.48 Å². The van der Waals surface area contributed by atoms with Crippen LogP contribution in [0.1, 0.15) is 20.8 Å². The van der Waals surface area contributed by atoms with Crippen molar-refractivity contribution >= 4 is 12.1 Å². The minimum atomic E-state index is -1.24. The first-order chi connectivity index (χ1) is 6.81. The van der Waals surface area contributed by atoms with Crippen LogP contribution in [0.2, 0.25) is 0 Å². The predicted molar refractivity (Wildman–Crippen MR) is 45.1 cm³/mol. The smallest absolute Gasteiger partial charge is 0.434 e. The van der Waals surface area contributed by atoms with Crippen LogP contribution in [0.5, 0.6) is 0 Å². The molecule has 0 aromatic carbocycles. The Morgan fingerprint density at radius 1 is 1.33 bits per heavy atom. The second-order valence-electron chi connectivity index (χ2n) is 3.41. The molecule has 1 amide bonds. The second kappa shape index (κ2) is 6.17. The SMILES string of the molecule is CC(C)(C)OC(=O)NOOOCC(=O)O. The van der Waals surface area contributed by atoms with Crippen LogP contribution < -0.4 is 5.48 Å². The van der Waals surface area contributed by atoms with Gasteiger partial charge < -0.3 is 9.84 Å². The number of carboxylic acid groups (broad SMARTS) is 1. The van der Waals surface area contributed by atoms with Gasteiger partial charge in [-0.15, -0.1) is 0 Å². The monoisotopic (exact) mass is 223 g/mol. The van der Waals surface area contributed by atoms with Crippen molar-refractivity contribution < 1.29 is 34.3 Å². The maximum absolute atomic E-state index is 10.8. The fourth-order valence-electron chi connectivity index (χ4n) is 0.448. The number of amides is 1. The molecule has 0 radical (unpaired) electrons. The lowest BCUT2D eigenvalue weighted by Gasteiger charge is -2.18. The molecule has 0 heterocycles. The van der Waals surface area contributed by atoms with Gasteiger partial charge in [0, 0.05) is 0 Å². The number of ether oxygens (including phenoxy) is 1. The molecule has 0 unspecified atom stereocenters. The molecule has 0 aromatic heterocycles. The van der Waals surface area contributed by atoms with Crippen LogP contribution >= 0.6 is 0 Å². The Balaban J connectivity index is 3.44. The number of hydrogen-bond donors (Lipinski definition) is 2. The van der Waals surface area contributed by atoms with Crippen molar-refractivity contribution in [1.29, 1.82) is 0 Å². The van der Waals surface area contributed by atoms with Gasteiger partial charge in [0.05, 0.1) is 0 Å². The van der Waals surface area contributed by atoms with Gasteiger partial charge in [-0.25, -0.2) is 9.59 Å². The first-order valence-electron chi connectivity index (χ1n) is 3.97. The third-order valence-corrected chi connectivity index (χ3v) is 0.788. The summed E-state index contributed by atoms with van der Waals surface area (Å²) in [6.45, 7) is 4.27. The van der Waals surface area contributed by atoms with Gasteiger partial charge in [0.15, 0.2) is 6.61 Å². The molecule has 0 aliphatic carbocycles. The lowest BCUT2D eigenvalue weighted by Crippen LogP contribution is -2.32. The summed E-state index contributed by atoms with van der Waals surface area (Å²) in [5.74, 6) is -1.24. The lowest BCUT2D eigenvalue weighted by atomic mass is 10.2. The van der Waals surface area contributed by atoms with E-state index >= 15 is 0 Å². The van der Waals surface area contributed by atoms with Gasteiger partial charge in [-0.05, 0) is 25.8 Å². The molecule has 0 aromatic rings. The summed E-state index contributed by atoms with van der Waals surface area (Å²) in [6, 6.07) is 0. The molecule has 8 heteroatoms. The van der Waals surface area contributed by atoms with E-state index in [0.29, 0.717) is 0 Å². The van der Waals surface area contributed by atoms with E-state index in [1.807, 2.05) is 0 Å².